The van der Waals surface area contributed by atoms with Crippen LogP contribution in [0, 0.1) is 0 Å². The average molecular weight is 191 g/mol. The highest BCUT2D eigenvalue weighted by Crippen LogP contribution is 2.16. The first-order valence-electron chi connectivity index (χ1n) is 4.93. The first-order valence-corrected chi connectivity index (χ1v) is 4.93. The topological polar surface area (TPSA) is 29.1 Å². The van der Waals surface area contributed by atoms with Crippen LogP contribution in [0.1, 0.15) is 30.6 Å². The Morgan fingerprint density at radius 1 is 1.36 bits per heavy atom. The van der Waals surface area contributed by atoms with Crippen LogP contribution in [-0.2, 0) is 0 Å². The lowest BCUT2D eigenvalue weighted by Crippen LogP contribution is -2.46. The molecule has 1 aromatic carbocycles. The molecule has 0 aliphatic rings. The highest BCUT2D eigenvalue weighted by molar-refractivity contribution is 6.02. The van der Waals surface area contributed by atoms with E-state index in [-0.39, 0.29) is 5.78 Å². The number of likely N-dealkylation sites (N-methyl/N-ethyl adjacent to an activating group) is 1. The monoisotopic (exact) mass is 191 g/mol. The van der Waals surface area contributed by atoms with Gasteiger partial charge in [0, 0.05) is 5.56 Å². The van der Waals surface area contributed by atoms with Gasteiger partial charge in [0.1, 0.15) is 0 Å². The molecule has 1 unspecified atom stereocenters. The molecular formula is C12H17NO. The summed E-state index contributed by atoms with van der Waals surface area (Å²) in [5.74, 6) is 0.156. The molecule has 0 aliphatic carbocycles. The van der Waals surface area contributed by atoms with Crippen LogP contribution < -0.4 is 5.32 Å². The maximum absolute atomic E-state index is 12.1. The number of rotatable bonds is 4. The summed E-state index contributed by atoms with van der Waals surface area (Å²) >= 11 is 0. The van der Waals surface area contributed by atoms with Crippen molar-refractivity contribution in [1.29, 1.82) is 0 Å². The fourth-order valence-electron chi connectivity index (χ4n) is 1.36. The number of hydrogen-bond donors (Lipinski definition) is 1. The van der Waals surface area contributed by atoms with Crippen molar-refractivity contribution in [2.24, 2.45) is 0 Å². The summed E-state index contributed by atoms with van der Waals surface area (Å²) in [5.41, 5.74) is 0.327. The number of hydrogen-bond acceptors (Lipinski definition) is 2. The van der Waals surface area contributed by atoms with E-state index in [2.05, 4.69) is 5.32 Å². The van der Waals surface area contributed by atoms with Crippen molar-refractivity contribution in [3.05, 3.63) is 35.9 Å². The van der Waals surface area contributed by atoms with Crippen LogP contribution in [0.3, 0.4) is 0 Å². The molecule has 0 saturated carbocycles. The molecule has 0 amide bonds. The molecule has 1 N–H and O–H groups in total. The van der Waals surface area contributed by atoms with Gasteiger partial charge in [0.15, 0.2) is 5.78 Å². The fourth-order valence-corrected chi connectivity index (χ4v) is 1.36. The molecule has 1 rings (SSSR count). The zero-order chi connectivity index (χ0) is 10.6. The summed E-state index contributed by atoms with van der Waals surface area (Å²) in [5, 5.41) is 3.08. The molecule has 0 aromatic heterocycles. The largest absolute Gasteiger partial charge is 0.308 e. The molecule has 0 radical (unpaired) electrons. The van der Waals surface area contributed by atoms with E-state index in [0.717, 1.165) is 12.0 Å². The van der Waals surface area contributed by atoms with Gasteiger partial charge in [-0.3, -0.25) is 4.79 Å². The van der Waals surface area contributed by atoms with Crippen LogP contribution in [0.25, 0.3) is 0 Å². The number of nitrogens with one attached hydrogen (secondary N) is 1. The van der Waals surface area contributed by atoms with Crippen LogP contribution in [0.15, 0.2) is 30.3 Å². The maximum Gasteiger partial charge on any atom is 0.182 e. The molecule has 0 saturated heterocycles. The maximum atomic E-state index is 12.1. The number of carbonyl (C=O) groups excluding carboxylic acids is 1. The molecule has 2 heteroatoms. The van der Waals surface area contributed by atoms with Gasteiger partial charge < -0.3 is 5.32 Å². The molecule has 14 heavy (non-hydrogen) atoms. The Balaban J connectivity index is 2.95. The second-order valence-corrected chi connectivity index (χ2v) is 3.63. The lowest BCUT2D eigenvalue weighted by Gasteiger charge is -2.26. The highest BCUT2D eigenvalue weighted by Gasteiger charge is 2.29. The molecular weight excluding hydrogens is 174 g/mol. The highest BCUT2D eigenvalue weighted by atomic mass is 16.1. The van der Waals surface area contributed by atoms with E-state index in [4.69, 9.17) is 0 Å². The summed E-state index contributed by atoms with van der Waals surface area (Å²) in [4.78, 5) is 12.1. The summed E-state index contributed by atoms with van der Waals surface area (Å²) < 4.78 is 0. The van der Waals surface area contributed by atoms with Gasteiger partial charge in [-0.25, -0.2) is 0 Å². The van der Waals surface area contributed by atoms with Gasteiger partial charge in [-0.05, 0) is 20.4 Å². The van der Waals surface area contributed by atoms with Crippen molar-refractivity contribution in [3.8, 4) is 0 Å². The van der Waals surface area contributed by atoms with Crippen LogP contribution >= 0.6 is 0 Å². The summed E-state index contributed by atoms with van der Waals surface area (Å²) in [6.45, 7) is 3.94. The third kappa shape index (κ3) is 2.02. The van der Waals surface area contributed by atoms with Gasteiger partial charge in [-0.2, -0.15) is 0 Å². The first kappa shape index (κ1) is 10.9. The Morgan fingerprint density at radius 3 is 2.36 bits per heavy atom. The summed E-state index contributed by atoms with van der Waals surface area (Å²) in [6.07, 6.45) is 0.789. The SMILES string of the molecule is CCC(C)(NC)C(=O)c1ccccc1. The predicted octanol–water partition coefficient (Wildman–Crippen LogP) is 2.26. The van der Waals surface area contributed by atoms with Crippen LogP contribution in [-0.4, -0.2) is 18.4 Å². The zero-order valence-electron chi connectivity index (χ0n) is 9.00. The van der Waals surface area contributed by atoms with E-state index in [0.29, 0.717) is 0 Å². The quantitative estimate of drug-likeness (QED) is 0.740. The van der Waals surface area contributed by atoms with Gasteiger partial charge in [-0.15, -0.1) is 0 Å². The number of Topliss-reactive ketones (excluding diaryl/α,β-unsaturated/α-hetero) is 1. The molecule has 0 spiro atoms. The summed E-state index contributed by atoms with van der Waals surface area (Å²) in [7, 11) is 1.82. The van der Waals surface area contributed by atoms with Gasteiger partial charge in [0.25, 0.3) is 0 Å². The minimum Gasteiger partial charge on any atom is -0.308 e. The van der Waals surface area contributed by atoms with Crippen LogP contribution in [0.2, 0.25) is 0 Å². The van der Waals surface area contributed by atoms with E-state index >= 15 is 0 Å². The number of ketones is 1. The van der Waals surface area contributed by atoms with E-state index in [1.807, 2.05) is 51.2 Å². The molecule has 0 fully saturated rings. The van der Waals surface area contributed by atoms with Gasteiger partial charge >= 0.3 is 0 Å². The molecule has 0 bridgehead atoms. The first-order chi connectivity index (χ1) is 6.64. The Morgan fingerprint density at radius 2 is 1.93 bits per heavy atom. The lowest BCUT2D eigenvalue weighted by molar-refractivity contribution is 0.0870. The molecule has 0 heterocycles. The third-order valence-corrected chi connectivity index (χ3v) is 2.80. The summed E-state index contributed by atoms with van der Waals surface area (Å²) in [6, 6.07) is 9.40. The fraction of sp³-hybridized carbons (Fsp3) is 0.417. The normalized spacial score (nSPS) is 14.8. The van der Waals surface area contributed by atoms with E-state index in [1.54, 1.807) is 0 Å². The van der Waals surface area contributed by atoms with E-state index < -0.39 is 5.54 Å². The van der Waals surface area contributed by atoms with Crippen LogP contribution in [0.4, 0.5) is 0 Å². The Hall–Kier alpha value is -1.15. The van der Waals surface area contributed by atoms with Gasteiger partial charge in [0.05, 0.1) is 5.54 Å². The standard InChI is InChI=1S/C12H17NO/c1-4-12(2,13-3)11(14)10-8-6-5-7-9-10/h5-9,13H,4H2,1-3H3. The van der Waals surface area contributed by atoms with Crippen molar-refractivity contribution in [1.82, 2.24) is 5.32 Å². The van der Waals surface area contributed by atoms with Crippen molar-refractivity contribution in [2.75, 3.05) is 7.05 Å². The van der Waals surface area contributed by atoms with Gasteiger partial charge in [0.2, 0.25) is 0 Å². The average Bonchev–Trinajstić information content (AvgIpc) is 2.28. The van der Waals surface area contributed by atoms with E-state index in [9.17, 15) is 4.79 Å². The van der Waals surface area contributed by atoms with Crippen molar-refractivity contribution in [3.63, 3.8) is 0 Å². The third-order valence-electron chi connectivity index (χ3n) is 2.80. The zero-order valence-corrected chi connectivity index (χ0v) is 9.00. The van der Waals surface area contributed by atoms with Crippen molar-refractivity contribution in [2.45, 2.75) is 25.8 Å². The second-order valence-electron chi connectivity index (χ2n) is 3.63. The van der Waals surface area contributed by atoms with Crippen molar-refractivity contribution < 1.29 is 4.79 Å². The Bertz CT molecular complexity index is 301. The van der Waals surface area contributed by atoms with Gasteiger partial charge in [-0.1, -0.05) is 37.3 Å². The van der Waals surface area contributed by atoms with Crippen LogP contribution in [0.5, 0.6) is 0 Å². The minimum atomic E-state index is -0.443. The number of benzene rings is 1. The molecule has 76 valence electrons. The van der Waals surface area contributed by atoms with Crippen molar-refractivity contribution >= 4 is 5.78 Å². The smallest absolute Gasteiger partial charge is 0.182 e. The molecule has 1 atom stereocenters. The molecule has 1 aromatic rings. The second kappa shape index (κ2) is 4.38. The number of carbonyl (C=O) groups is 1. The lowest BCUT2D eigenvalue weighted by atomic mass is 9.89. The van der Waals surface area contributed by atoms with E-state index in [1.165, 1.54) is 0 Å². The Labute approximate surface area is 85.3 Å². The minimum absolute atomic E-state index is 0.156. The predicted molar refractivity (Wildman–Crippen MR) is 58.5 cm³/mol. The molecule has 2 nitrogen and oxygen atoms in total. The Kier molecular flexibility index (Phi) is 3.42. The molecule has 0 aliphatic heterocycles.